The highest BCUT2D eigenvalue weighted by Crippen LogP contribution is 2.29. The van der Waals surface area contributed by atoms with E-state index in [0.717, 1.165) is 34.4 Å². The number of nitrogens with zero attached hydrogens (tertiary/aromatic N) is 4. The first-order valence-corrected chi connectivity index (χ1v) is 12.2. The lowest BCUT2D eigenvalue weighted by Gasteiger charge is -2.18. The van der Waals surface area contributed by atoms with Gasteiger partial charge >= 0.3 is 0 Å². The average Bonchev–Trinajstić information content (AvgIpc) is 3.25. The van der Waals surface area contributed by atoms with E-state index >= 15 is 0 Å². The number of allylic oxidation sites excluding steroid dienone is 1. The first kappa shape index (κ1) is 27.8. The van der Waals surface area contributed by atoms with Crippen LogP contribution in [0.2, 0.25) is 0 Å². The summed E-state index contributed by atoms with van der Waals surface area (Å²) in [6.07, 6.45) is 2.78. The van der Waals surface area contributed by atoms with Crippen LogP contribution in [0.15, 0.2) is 36.4 Å². The number of carbonyl (C=O) groups is 3. The first-order valence-electron chi connectivity index (χ1n) is 12.2. The minimum Gasteiger partial charge on any atom is -0.382 e. The van der Waals surface area contributed by atoms with Crippen molar-refractivity contribution in [3.05, 3.63) is 42.2 Å². The number of pyridine rings is 1. The molecule has 1 atom stereocenters. The molecule has 0 bridgehead atoms. The maximum absolute atomic E-state index is 12.1. The molecule has 37 heavy (non-hydrogen) atoms. The van der Waals surface area contributed by atoms with Crippen molar-refractivity contribution in [1.29, 1.82) is 0 Å². The molecule has 0 saturated carbocycles. The van der Waals surface area contributed by atoms with Crippen LogP contribution in [0.5, 0.6) is 0 Å². The van der Waals surface area contributed by atoms with Crippen LogP contribution in [-0.4, -0.2) is 77.0 Å². The fourth-order valence-corrected chi connectivity index (χ4v) is 3.88. The Balaban J connectivity index is 1.58. The Hall–Kier alpha value is -3.83. The zero-order valence-corrected chi connectivity index (χ0v) is 21.5. The molecule has 0 aliphatic carbocycles. The summed E-state index contributed by atoms with van der Waals surface area (Å²) >= 11 is 0. The number of aldehydes is 1. The number of ether oxygens (including phenoxy) is 2. The molecule has 2 aromatic heterocycles. The number of hydrogen-bond acceptors (Lipinski definition) is 8. The monoisotopic (exact) mass is 510 g/mol. The lowest BCUT2D eigenvalue weighted by molar-refractivity contribution is -0.126. The zero-order valence-electron chi connectivity index (χ0n) is 21.5. The number of nitrogens with two attached hydrogens (primary N) is 1. The second-order valence-corrected chi connectivity index (χ2v) is 8.52. The number of imidazole rings is 1. The van der Waals surface area contributed by atoms with Crippen molar-refractivity contribution in [2.45, 2.75) is 39.5 Å². The molecule has 3 aromatic rings. The van der Waals surface area contributed by atoms with Crippen molar-refractivity contribution in [3.63, 3.8) is 0 Å². The summed E-state index contributed by atoms with van der Waals surface area (Å²) in [5.41, 5.74) is 8.55. The van der Waals surface area contributed by atoms with Crippen molar-refractivity contribution in [2.75, 3.05) is 39.1 Å². The van der Waals surface area contributed by atoms with Gasteiger partial charge in [0.15, 0.2) is 5.82 Å². The first-order chi connectivity index (χ1) is 17.8. The van der Waals surface area contributed by atoms with Crippen LogP contribution in [0, 0.1) is 0 Å². The van der Waals surface area contributed by atoms with E-state index in [9.17, 15) is 14.4 Å². The molecule has 0 spiro atoms. The lowest BCUT2D eigenvalue weighted by Crippen LogP contribution is -2.33. The molecule has 198 valence electrons. The molecule has 0 aliphatic rings. The van der Waals surface area contributed by atoms with Crippen molar-refractivity contribution in [2.24, 2.45) is 0 Å². The highest BCUT2D eigenvalue weighted by atomic mass is 16.5. The van der Waals surface area contributed by atoms with Gasteiger partial charge in [-0.05, 0) is 26.0 Å². The van der Waals surface area contributed by atoms with E-state index in [0.29, 0.717) is 50.5 Å². The molecular formula is C26H34N6O5. The van der Waals surface area contributed by atoms with Crippen LogP contribution in [0.1, 0.15) is 26.1 Å². The van der Waals surface area contributed by atoms with E-state index in [1.165, 1.54) is 4.90 Å². The Morgan fingerprint density at radius 2 is 2.05 bits per heavy atom. The van der Waals surface area contributed by atoms with E-state index in [2.05, 4.69) is 14.9 Å². The molecule has 1 unspecified atom stereocenters. The quantitative estimate of drug-likeness (QED) is 0.190. The number of carbonyl (C=O) groups excluding carboxylic acids is 3. The smallest absolute Gasteiger partial charge is 0.246 e. The maximum Gasteiger partial charge on any atom is 0.246 e. The highest BCUT2D eigenvalue weighted by Gasteiger charge is 2.19. The number of fused-ring (bicyclic) bond motifs is 3. The number of anilines is 1. The van der Waals surface area contributed by atoms with E-state index < -0.39 is 0 Å². The Morgan fingerprint density at radius 1 is 1.27 bits per heavy atom. The van der Waals surface area contributed by atoms with Crippen LogP contribution in [-0.2, 0) is 37.0 Å². The Bertz CT molecular complexity index is 1270. The summed E-state index contributed by atoms with van der Waals surface area (Å²) in [4.78, 5) is 44.8. The van der Waals surface area contributed by atoms with Gasteiger partial charge in [-0.25, -0.2) is 9.97 Å². The Labute approximate surface area is 215 Å². The summed E-state index contributed by atoms with van der Waals surface area (Å²) < 4.78 is 13.7. The largest absolute Gasteiger partial charge is 0.382 e. The summed E-state index contributed by atoms with van der Waals surface area (Å²) in [5.74, 6) is 0.586. The van der Waals surface area contributed by atoms with Gasteiger partial charge in [-0.15, -0.1) is 0 Å². The van der Waals surface area contributed by atoms with E-state index in [4.69, 9.17) is 20.2 Å². The number of amides is 2. The number of nitrogens with one attached hydrogen (secondary N) is 1. The minimum absolute atomic E-state index is 0.150. The van der Waals surface area contributed by atoms with Gasteiger partial charge in [0.05, 0.1) is 30.3 Å². The van der Waals surface area contributed by atoms with Gasteiger partial charge in [-0.1, -0.05) is 18.2 Å². The molecule has 0 aliphatic heterocycles. The molecule has 11 nitrogen and oxygen atoms in total. The van der Waals surface area contributed by atoms with Crippen LogP contribution < -0.4 is 11.1 Å². The topological polar surface area (TPSA) is 142 Å². The second-order valence-electron chi connectivity index (χ2n) is 8.52. The van der Waals surface area contributed by atoms with Gasteiger partial charge < -0.3 is 30.0 Å². The van der Waals surface area contributed by atoms with Crippen LogP contribution in [0.25, 0.3) is 21.9 Å². The second kappa shape index (κ2) is 13.5. The number of nitrogen functional groups attached to an aromatic ring is 1. The number of aromatic nitrogens is 3. The number of rotatable bonds is 14. The molecule has 2 amide bonds. The zero-order chi connectivity index (χ0) is 26.8. The third-order valence-corrected chi connectivity index (χ3v) is 5.76. The van der Waals surface area contributed by atoms with Crippen LogP contribution in [0.3, 0.4) is 0 Å². The molecular weight excluding hydrogens is 476 g/mol. The highest BCUT2D eigenvalue weighted by molar-refractivity contribution is 6.06. The van der Waals surface area contributed by atoms with Crippen LogP contribution >= 0.6 is 0 Å². The van der Waals surface area contributed by atoms with Gasteiger partial charge in [-0.2, -0.15) is 0 Å². The van der Waals surface area contributed by atoms with Gasteiger partial charge in [0.25, 0.3) is 0 Å². The van der Waals surface area contributed by atoms with Crippen molar-refractivity contribution in [1.82, 2.24) is 24.8 Å². The summed E-state index contributed by atoms with van der Waals surface area (Å²) in [7, 11) is 1.57. The van der Waals surface area contributed by atoms with E-state index in [1.54, 1.807) is 7.05 Å². The standard InChI is InChI=1S/C26H34N6O5/c1-4-36-17-21-30-24-25(19-8-5-6-9-20(19)29-26(24)27)32(21)16-18(2)37-15-12-28-22(34)11-13-31(3)23(35)10-7-14-33/h5-10,14,18H,4,11-13,15-17H2,1-3H3,(H2,27,29)(H,28,34)/b10-7-. The fourth-order valence-electron chi connectivity index (χ4n) is 3.88. The molecule has 11 heteroatoms. The average molecular weight is 511 g/mol. The van der Waals surface area contributed by atoms with Crippen LogP contribution in [0.4, 0.5) is 5.82 Å². The van der Waals surface area contributed by atoms with Crippen molar-refractivity contribution < 1.29 is 23.9 Å². The van der Waals surface area contributed by atoms with E-state index in [-0.39, 0.29) is 30.9 Å². The van der Waals surface area contributed by atoms with Gasteiger partial charge in [0.2, 0.25) is 11.8 Å². The number of para-hydroxylation sites is 1. The van der Waals surface area contributed by atoms with Gasteiger partial charge in [-0.3, -0.25) is 14.4 Å². The maximum atomic E-state index is 12.1. The van der Waals surface area contributed by atoms with E-state index in [1.807, 2.05) is 38.1 Å². The Morgan fingerprint density at radius 3 is 2.81 bits per heavy atom. The normalized spacial score (nSPS) is 12.3. The Kier molecular flexibility index (Phi) is 10.1. The van der Waals surface area contributed by atoms with Gasteiger partial charge in [0, 0.05) is 44.6 Å². The predicted molar refractivity (Wildman–Crippen MR) is 141 cm³/mol. The molecule has 0 radical (unpaired) electrons. The van der Waals surface area contributed by atoms with Crippen molar-refractivity contribution >= 4 is 45.9 Å². The molecule has 2 heterocycles. The summed E-state index contributed by atoms with van der Waals surface area (Å²) in [6.45, 7) is 6.20. The third-order valence-electron chi connectivity index (χ3n) is 5.76. The molecule has 3 rings (SSSR count). The molecule has 3 N–H and O–H groups in total. The number of hydrogen-bond donors (Lipinski definition) is 2. The third kappa shape index (κ3) is 7.34. The number of likely N-dealkylation sites (N-methyl/N-ethyl adjacent to an activating group) is 1. The van der Waals surface area contributed by atoms with Gasteiger partial charge in [0.1, 0.15) is 24.2 Å². The molecule has 0 fully saturated rings. The molecule has 1 aromatic carbocycles. The molecule has 0 saturated heterocycles. The summed E-state index contributed by atoms with van der Waals surface area (Å²) in [5, 5.41) is 3.75. The van der Waals surface area contributed by atoms with Crippen molar-refractivity contribution in [3.8, 4) is 0 Å². The fraction of sp³-hybridized carbons (Fsp3) is 0.423. The lowest BCUT2D eigenvalue weighted by atomic mass is 10.2. The minimum atomic E-state index is -0.335. The number of benzene rings is 1. The predicted octanol–water partition coefficient (Wildman–Crippen LogP) is 1.83. The summed E-state index contributed by atoms with van der Waals surface area (Å²) in [6, 6.07) is 7.79. The SMILES string of the molecule is CCOCc1nc2c(N)nc3ccccc3c2n1CC(C)OCCNC(=O)CCN(C)C(=O)/C=C\C=O.